The van der Waals surface area contributed by atoms with Gasteiger partial charge in [0, 0.05) is 22.7 Å². The van der Waals surface area contributed by atoms with E-state index in [1.54, 1.807) is 6.20 Å². The molecule has 2 aromatic rings. The van der Waals surface area contributed by atoms with Crippen molar-refractivity contribution in [2.75, 3.05) is 18.5 Å². The highest BCUT2D eigenvalue weighted by molar-refractivity contribution is 9.10. The minimum absolute atomic E-state index is 0.189. The monoisotopic (exact) mass is 348 g/mol. The van der Waals surface area contributed by atoms with Gasteiger partial charge in [0.2, 0.25) is 5.88 Å². The van der Waals surface area contributed by atoms with E-state index in [2.05, 4.69) is 32.3 Å². The number of aromatic nitrogens is 1. The Morgan fingerprint density at radius 3 is 3.19 bits per heavy atom. The van der Waals surface area contributed by atoms with Crippen molar-refractivity contribution < 1.29 is 9.47 Å². The molecule has 110 valence electrons. The van der Waals surface area contributed by atoms with Crippen LogP contribution in [0.1, 0.15) is 24.9 Å². The number of ether oxygens (including phenoxy) is 2. The first kappa shape index (κ1) is 14.2. The lowest BCUT2D eigenvalue weighted by Crippen LogP contribution is -2.20. The first-order chi connectivity index (χ1) is 10.3. The Morgan fingerprint density at radius 1 is 1.43 bits per heavy atom. The zero-order valence-electron chi connectivity index (χ0n) is 11.8. The molecule has 1 N–H and O–H groups in total. The fourth-order valence-corrected chi connectivity index (χ4v) is 2.83. The minimum atomic E-state index is 0.189. The van der Waals surface area contributed by atoms with Crippen molar-refractivity contribution in [1.82, 2.24) is 4.98 Å². The third-order valence-corrected chi connectivity index (χ3v) is 3.89. The van der Waals surface area contributed by atoms with Crippen LogP contribution >= 0.6 is 15.9 Å². The summed E-state index contributed by atoms with van der Waals surface area (Å²) in [6, 6.07) is 10.2. The number of nitrogens with one attached hydrogen (secondary N) is 1. The molecule has 5 heteroatoms. The van der Waals surface area contributed by atoms with Crippen LogP contribution in [-0.4, -0.2) is 18.2 Å². The SMILES string of the molecule is CCOc1ncccc1NC1CCOc2ccc(Br)cc21. The number of hydrogen-bond donors (Lipinski definition) is 1. The van der Waals surface area contributed by atoms with Crippen molar-refractivity contribution in [3.8, 4) is 11.6 Å². The highest BCUT2D eigenvalue weighted by atomic mass is 79.9. The number of anilines is 1. The fourth-order valence-electron chi connectivity index (χ4n) is 2.46. The van der Waals surface area contributed by atoms with Gasteiger partial charge in [0.25, 0.3) is 0 Å². The lowest BCUT2D eigenvalue weighted by atomic mass is 10.0. The van der Waals surface area contributed by atoms with E-state index in [4.69, 9.17) is 9.47 Å². The van der Waals surface area contributed by atoms with E-state index >= 15 is 0 Å². The molecule has 0 saturated carbocycles. The number of nitrogens with zero attached hydrogens (tertiary/aromatic N) is 1. The van der Waals surface area contributed by atoms with E-state index in [0.717, 1.165) is 27.9 Å². The number of benzene rings is 1. The summed E-state index contributed by atoms with van der Waals surface area (Å²) in [5, 5.41) is 3.53. The second kappa shape index (κ2) is 6.35. The summed E-state index contributed by atoms with van der Waals surface area (Å²) in [6.07, 6.45) is 2.65. The van der Waals surface area contributed by atoms with Crippen molar-refractivity contribution in [2.45, 2.75) is 19.4 Å². The van der Waals surface area contributed by atoms with Crippen molar-refractivity contribution in [3.63, 3.8) is 0 Å². The van der Waals surface area contributed by atoms with E-state index in [-0.39, 0.29) is 6.04 Å². The molecule has 21 heavy (non-hydrogen) atoms. The van der Waals surface area contributed by atoms with Crippen LogP contribution in [0.5, 0.6) is 11.6 Å². The Balaban J connectivity index is 1.88. The van der Waals surface area contributed by atoms with E-state index in [1.165, 1.54) is 0 Å². The van der Waals surface area contributed by atoms with Gasteiger partial charge >= 0.3 is 0 Å². The molecular weight excluding hydrogens is 332 g/mol. The largest absolute Gasteiger partial charge is 0.493 e. The summed E-state index contributed by atoms with van der Waals surface area (Å²) in [6.45, 7) is 3.26. The Labute approximate surface area is 132 Å². The highest BCUT2D eigenvalue weighted by Gasteiger charge is 2.22. The van der Waals surface area contributed by atoms with Gasteiger partial charge in [-0.05, 0) is 37.3 Å². The molecule has 0 saturated heterocycles. The van der Waals surface area contributed by atoms with Crippen molar-refractivity contribution >= 4 is 21.6 Å². The predicted molar refractivity (Wildman–Crippen MR) is 86.0 cm³/mol. The first-order valence-electron chi connectivity index (χ1n) is 7.04. The Bertz CT molecular complexity index is 633. The molecule has 1 aliphatic rings. The van der Waals surface area contributed by atoms with Crippen molar-refractivity contribution in [1.29, 1.82) is 0 Å². The normalized spacial score (nSPS) is 16.8. The quantitative estimate of drug-likeness (QED) is 0.899. The summed E-state index contributed by atoms with van der Waals surface area (Å²) in [5.74, 6) is 1.58. The molecule has 0 amide bonds. The summed E-state index contributed by atoms with van der Waals surface area (Å²) >= 11 is 3.52. The maximum atomic E-state index is 5.72. The second-order valence-corrected chi connectivity index (χ2v) is 5.72. The maximum Gasteiger partial charge on any atom is 0.237 e. The molecular formula is C16H17BrN2O2. The van der Waals surface area contributed by atoms with Gasteiger partial charge < -0.3 is 14.8 Å². The molecule has 0 aliphatic carbocycles. The molecule has 4 nitrogen and oxygen atoms in total. The van der Waals surface area contributed by atoms with Crippen LogP contribution in [0.3, 0.4) is 0 Å². The minimum Gasteiger partial charge on any atom is -0.493 e. The van der Waals surface area contributed by atoms with Gasteiger partial charge in [-0.15, -0.1) is 0 Å². The molecule has 0 bridgehead atoms. The average molecular weight is 349 g/mol. The molecule has 1 atom stereocenters. The van der Waals surface area contributed by atoms with Gasteiger partial charge in [-0.1, -0.05) is 15.9 Å². The van der Waals surface area contributed by atoms with E-state index in [0.29, 0.717) is 19.1 Å². The van der Waals surface area contributed by atoms with Crippen LogP contribution < -0.4 is 14.8 Å². The first-order valence-corrected chi connectivity index (χ1v) is 7.84. The van der Waals surface area contributed by atoms with Gasteiger partial charge in [-0.3, -0.25) is 0 Å². The second-order valence-electron chi connectivity index (χ2n) is 4.81. The Morgan fingerprint density at radius 2 is 2.33 bits per heavy atom. The summed E-state index contributed by atoms with van der Waals surface area (Å²) in [7, 11) is 0. The number of pyridine rings is 1. The van der Waals surface area contributed by atoms with Gasteiger partial charge in [0.05, 0.1) is 24.9 Å². The Kier molecular flexibility index (Phi) is 4.29. The average Bonchev–Trinajstić information content (AvgIpc) is 2.50. The van der Waals surface area contributed by atoms with Crippen LogP contribution in [0.2, 0.25) is 0 Å². The Hall–Kier alpha value is -1.75. The fraction of sp³-hybridized carbons (Fsp3) is 0.312. The maximum absolute atomic E-state index is 5.72. The summed E-state index contributed by atoms with van der Waals surface area (Å²) in [4.78, 5) is 4.28. The topological polar surface area (TPSA) is 43.4 Å². The summed E-state index contributed by atoms with van der Waals surface area (Å²) in [5.41, 5.74) is 2.07. The lowest BCUT2D eigenvalue weighted by Gasteiger charge is -2.28. The van der Waals surface area contributed by atoms with Crippen molar-refractivity contribution in [3.05, 3.63) is 46.6 Å². The van der Waals surface area contributed by atoms with Crippen LogP contribution in [0.15, 0.2) is 41.0 Å². The highest BCUT2D eigenvalue weighted by Crippen LogP contribution is 2.37. The molecule has 2 heterocycles. The molecule has 1 unspecified atom stereocenters. The van der Waals surface area contributed by atoms with Gasteiger partial charge in [-0.2, -0.15) is 0 Å². The molecule has 0 fully saturated rings. The van der Waals surface area contributed by atoms with Crippen LogP contribution in [0, 0.1) is 0 Å². The van der Waals surface area contributed by atoms with Crippen LogP contribution in [-0.2, 0) is 0 Å². The van der Waals surface area contributed by atoms with Crippen LogP contribution in [0.25, 0.3) is 0 Å². The smallest absolute Gasteiger partial charge is 0.237 e. The predicted octanol–water partition coefficient (Wildman–Crippen LogP) is 4.18. The lowest BCUT2D eigenvalue weighted by molar-refractivity contribution is 0.273. The third kappa shape index (κ3) is 3.13. The molecule has 1 aliphatic heterocycles. The number of fused-ring (bicyclic) bond motifs is 1. The number of rotatable bonds is 4. The van der Waals surface area contributed by atoms with Crippen molar-refractivity contribution in [2.24, 2.45) is 0 Å². The third-order valence-electron chi connectivity index (χ3n) is 3.39. The van der Waals surface area contributed by atoms with E-state index in [9.17, 15) is 0 Å². The van der Waals surface area contributed by atoms with Crippen LogP contribution in [0.4, 0.5) is 5.69 Å². The number of hydrogen-bond acceptors (Lipinski definition) is 4. The number of halogens is 1. The molecule has 0 radical (unpaired) electrons. The molecule has 3 rings (SSSR count). The zero-order valence-corrected chi connectivity index (χ0v) is 13.4. The van der Waals surface area contributed by atoms with E-state index in [1.807, 2.05) is 31.2 Å². The van der Waals surface area contributed by atoms with Gasteiger partial charge in [-0.25, -0.2) is 4.98 Å². The van der Waals surface area contributed by atoms with Gasteiger partial charge in [0.15, 0.2) is 0 Å². The molecule has 1 aromatic heterocycles. The van der Waals surface area contributed by atoms with Gasteiger partial charge in [0.1, 0.15) is 5.75 Å². The molecule has 0 spiro atoms. The molecule has 1 aromatic carbocycles. The summed E-state index contributed by atoms with van der Waals surface area (Å²) < 4.78 is 12.3. The van der Waals surface area contributed by atoms with E-state index < -0.39 is 0 Å². The standard InChI is InChI=1S/C16H17BrN2O2/c1-2-20-16-14(4-3-8-18-16)19-13-7-9-21-15-6-5-11(17)10-12(13)15/h3-6,8,10,13,19H,2,7,9H2,1H3. The zero-order chi connectivity index (χ0) is 14.7.